The summed E-state index contributed by atoms with van der Waals surface area (Å²) in [6.07, 6.45) is 53.3. The molecule has 0 spiro atoms. The van der Waals surface area contributed by atoms with Crippen LogP contribution in [0, 0.1) is 0 Å². The zero-order chi connectivity index (χ0) is 38.0. The molecule has 52 heavy (non-hydrogen) atoms. The largest absolute Gasteiger partial charge is 0.394 e. The molecule has 306 valence electrons. The number of carbonyl (C=O) groups is 1. The number of allylic oxidation sites excluding steroid dienone is 5. The molecule has 0 fully saturated rings. The van der Waals surface area contributed by atoms with Crippen molar-refractivity contribution in [2.24, 2.45) is 0 Å². The van der Waals surface area contributed by atoms with Crippen LogP contribution in [0.5, 0.6) is 0 Å². The van der Waals surface area contributed by atoms with Gasteiger partial charge in [0.2, 0.25) is 5.91 Å². The van der Waals surface area contributed by atoms with Gasteiger partial charge in [0.15, 0.2) is 0 Å². The molecule has 0 rings (SSSR count). The van der Waals surface area contributed by atoms with Gasteiger partial charge in [-0.1, -0.05) is 224 Å². The highest BCUT2D eigenvalue weighted by molar-refractivity contribution is 5.80. The number of nitrogens with one attached hydrogen (secondary N) is 1. The first-order chi connectivity index (χ1) is 25.6. The molecule has 0 saturated carbocycles. The van der Waals surface area contributed by atoms with Gasteiger partial charge in [-0.2, -0.15) is 0 Å². The van der Waals surface area contributed by atoms with Crippen LogP contribution in [0.4, 0.5) is 0 Å². The number of rotatable bonds is 41. The summed E-state index contributed by atoms with van der Waals surface area (Å²) in [6.45, 7) is 4.17. The SMILES string of the molecule is CCCCCCCCCCCCCCCC/C=C/CC/C=C/CC/C=C/C(O)C(CO)NC(=O)C(O)CCCCCCCCCCCCCCCC. The molecule has 0 heterocycles. The summed E-state index contributed by atoms with van der Waals surface area (Å²) in [4.78, 5) is 12.4. The molecule has 3 atom stereocenters. The minimum Gasteiger partial charge on any atom is -0.394 e. The number of aliphatic hydroxyl groups excluding tert-OH is 3. The molecule has 3 unspecified atom stereocenters. The summed E-state index contributed by atoms with van der Waals surface area (Å²) in [7, 11) is 0. The van der Waals surface area contributed by atoms with Gasteiger partial charge >= 0.3 is 0 Å². The monoisotopic (exact) mass is 732 g/mol. The molecule has 0 bridgehead atoms. The van der Waals surface area contributed by atoms with E-state index in [9.17, 15) is 20.1 Å². The summed E-state index contributed by atoms with van der Waals surface area (Å²) in [5, 5.41) is 33.1. The molecule has 0 aromatic heterocycles. The molecular formula is C47H89NO4. The normalized spacial score (nSPS) is 13.9. The first-order valence-corrected chi connectivity index (χ1v) is 22.8. The van der Waals surface area contributed by atoms with Gasteiger partial charge in [0, 0.05) is 0 Å². The van der Waals surface area contributed by atoms with E-state index in [1.165, 1.54) is 167 Å². The van der Waals surface area contributed by atoms with E-state index in [1.807, 2.05) is 6.08 Å². The van der Waals surface area contributed by atoms with Crippen molar-refractivity contribution in [2.45, 2.75) is 250 Å². The third-order valence-electron chi connectivity index (χ3n) is 10.5. The first-order valence-electron chi connectivity index (χ1n) is 22.8. The van der Waals surface area contributed by atoms with Crippen molar-refractivity contribution in [1.82, 2.24) is 5.32 Å². The van der Waals surface area contributed by atoms with Gasteiger partial charge in [-0.05, 0) is 44.9 Å². The fraction of sp³-hybridized carbons (Fsp3) is 0.851. The quantitative estimate of drug-likeness (QED) is 0.0372. The molecule has 1 amide bonds. The molecule has 5 nitrogen and oxygen atoms in total. The summed E-state index contributed by atoms with van der Waals surface area (Å²) in [5.41, 5.74) is 0. The van der Waals surface area contributed by atoms with Gasteiger partial charge in [-0.3, -0.25) is 4.79 Å². The second-order valence-electron chi connectivity index (χ2n) is 15.6. The molecular weight excluding hydrogens is 643 g/mol. The summed E-state index contributed by atoms with van der Waals surface area (Å²) < 4.78 is 0. The molecule has 0 aliphatic heterocycles. The second kappa shape index (κ2) is 42.3. The lowest BCUT2D eigenvalue weighted by molar-refractivity contribution is -0.131. The van der Waals surface area contributed by atoms with Crippen LogP contribution < -0.4 is 5.32 Å². The molecule has 5 heteroatoms. The van der Waals surface area contributed by atoms with Gasteiger partial charge in [-0.25, -0.2) is 0 Å². The number of amides is 1. The molecule has 4 N–H and O–H groups in total. The average molecular weight is 732 g/mol. The minimum atomic E-state index is -1.10. The van der Waals surface area contributed by atoms with Gasteiger partial charge in [0.1, 0.15) is 6.10 Å². The average Bonchev–Trinajstić information content (AvgIpc) is 3.15. The Hall–Kier alpha value is -1.43. The van der Waals surface area contributed by atoms with Crippen LogP contribution in [0.1, 0.15) is 232 Å². The lowest BCUT2D eigenvalue weighted by Crippen LogP contribution is -2.48. The molecule has 0 aromatic carbocycles. The third-order valence-corrected chi connectivity index (χ3v) is 10.5. The predicted molar refractivity (Wildman–Crippen MR) is 227 cm³/mol. The van der Waals surface area contributed by atoms with Gasteiger partial charge < -0.3 is 20.6 Å². The van der Waals surface area contributed by atoms with Crippen LogP contribution in [-0.4, -0.2) is 46.1 Å². The Morgan fingerprint density at radius 1 is 0.462 bits per heavy atom. The van der Waals surface area contributed by atoms with E-state index in [0.29, 0.717) is 6.42 Å². The zero-order valence-electron chi connectivity index (χ0n) is 34.7. The van der Waals surface area contributed by atoms with E-state index in [4.69, 9.17) is 0 Å². The van der Waals surface area contributed by atoms with Crippen LogP contribution in [0.3, 0.4) is 0 Å². The van der Waals surface area contributed by atoms with Crippen LogP contribution in [-0.2, 0) is 4.79 Å². The summed E-state index contributed by atoms with van der Waals surface area (Å²) >= 11 is 0. The van der Waals surface area contributed by atoms with Gasteiger partial charge in [-0.15, -0.1) is 0 Å². The third kappa shape index (κ3) is 36.9. The highest BCUT2D eigenvalue weighted by Crippen LogP contribution is 2.15. The van der Waals surface area contributed by atoms with Crippen LogP contribution in [0.15, 0.2) is 36.5 Å². The number of unbranched alkanes of at least 4 members (excludes halogenated alkanes) is 29. The standard InChI is InChI=1S/C47H89NO4/c1-3-5-7-9-11-13-15-17-19-20-21-22-23-24-25-26-27-28-30-31-33-35-37-39-41-45(50)44(43-49)48-47(52)46(51)42-40-38-36-34-32-29-18-16-14-12-10-8-6-4-2/h26-27,31,33,39,41,44-46,49-51H,3-25,28-30,32,34-38,40,42-43H2,1-2H3,(H,48,52)/b27-26+,33-31+,41-39+. The molecule has 0 radical (unpaired) electrons. The van der Waals surface area contributed by atoms with Crippen LogP contribution in [0.25, 0.3) is 0 Å². The Morgan fingerprint density at radius 3 is 1.17 bits per heavy atom. The Balaban J connectivity index is 3.71. The number of hydrogen-bond acceptors (Lipinski definition) is 4. The molecule has 0 aromatic rings. The van der Waals surface area contributed by atoms with Crippen molar-refractivity contribution < 1.29 is 20.1 Å². The van der Waals surface area contributed by atoms with E-state index < -0.39 is 24.2 Å². The second-order valence-corrected chi connectivity index (χ2v) is 15.6. The predicted octanol–water partition coefficient (Wildman–Crippen LogP) is 13.2. The van der Waals surface area contributed by atoms with E-state index >= 15 is 0 Å². The fourth-order valence-electron chi connectivity index (χ4n) is 6.86. The van der Waals surface area contributed by atoms with E-state index in [-0.39, 0.29) is 6.61 Å². The van der Waals surface area contributed by atoms with Gasteiger partial charge in [0.25, 0.3) is 0 Å². The lowest BCUT2D eigenvalue weighted by Gasteiger charge is -2.21. The maximum atomic E-state index is 12.4. The zero-order valence-corrected chi connectivity index (χ0v) is 34.7. The minimum absolute atomic E-state index is 0.379. The Morgan fingerprint density at radius 2 is 0.788 bits per heavy atom. The Bertz CT molecular complexity index is 809. The maximum absolute atomic E-state index is 12.4. The first kappa shape index (κ1) is 50.6. The van der Waals surface area contributed by atoms with E-state index in [0.717, 1.165) is 44.9 Å². The van der Waals surface area contributed by atoms with Crippen LogP contribution >= 0.6 is 0 Å². The van der Waals surface area contributed by atoms with Crippen molar-refractivity contribution in [3.05, 3.63) is 36.5 Å². The number of aliphatic hydroxyl groups is 3. The van der Waals surface area contributed by atoms with Crippen molar-refractivity contribution in [3.8, 4) is 0 Å². The van der Waals surface area contributed by atoms with Crippen LogP contribution in [0.2, 0.25) is 0 Å². The lowest BCUT2D eigenvalue weighted by atomic mass is 10.0. The Labute approximate surface area is 324 Å². The highest BCUT2D eigenvalue weighted by atomic mass is 16.3. The maximum Gasteiger partial charge on any atom is 0.249 e. The summed E-state index contributed by atoms with van der Waals surface area (Å²) in [5.74, 6) is -0.516. The van der Waals surface area contributed by atoms with Crippen molar-refractivity contribution >= 4 is 5.91 Å². The van der Waals surface area contributed by atoms with Crippen molar-refractivity contribution in [1.29, 1.82) is 0 Å². The molecule has 0 aliphatic rings. The van der Waals surface area contributed by atoms with Crippen molar-refractivity contribution in [3.63, 3.8) is 0 Å². The smallest absolute Gasteiger partial charge is 0.249 e. The number of hydrogen-bond donors (Lipinski definition) is 4. The van der Waals surface area contributed by atoms with Gasteiger partial charge in [0.05, 0.1) is 18.8 Å². The van der Waals surface area contributed by atoms with E-state index in [1.54, 1.807) is 6.08 Å². The molecule has 0 saturated heterocycles. The topological polar surface area (TPSA) is 89.8 Å². The van der Waals surface area contributed by atoms with E-state index in [2.05, 4.69) is 43.5 Å². The fourth-order valence-corrected chi connectivity index (χ4v) is 6.86. The highest BCUT2D eigenvalue weighted by Gasteiger charge is 2.22. The Kier molecular flexibility index (Phi) is 41.1. The molecule has 0 aliphatic carbocycles. The number of carbonyl (C=O) groups excluding carboxylic acids is 1. The summed E-state index contributed by atoms with van der Waals surface area (Å²) in [6, 6.07) is -0.818. The van der Waals surface area contributed by atoms with Crippen molar-refractivity contribution in [2.75, 3.05) is 6.61 Å².